The van der Waals surface area contributed by atoms with E-state index in [1.54, 1.807) is 43.0 Å². The summed E-state index contributed by atoms with van der Waals surface area (Å²) in [5.74, 6) is -0.913. The fourth-order valence-electron chi connectivity index (χ4n) is 3.25. The number of thiocarbonyl (C=S) groups is 1. The van der Waals surface area contributed by atoms with Crippen molar-refractivity contribution in [3.05, 3.63) is 35.4 Å². The topological polar surface area (TPSA) is 98.9 Å². The number of esters is 1. The van der Waals surface area contributed by atoms with Gasteiger partial charge in [0.25, 0.3) is 0 Å². The van der Waals surface area contributed by atoms with E-state index in [1.165, 1.54) is 0 Å². The Morgan fingerprint density at radius 1 is 1.17 bits per heavy atom. The highest BCUT2D eigenvalue weighted by Gasteiger charge is 2.28. The van der Waals surface area contributed by atoms with E-state index in [2.05, 4.69) is 0 Å². The van der Waals surface area contributed by atoms with Crippen LogP contribution in [0.1, 0.15) is 49.0 Å². The van der Waals surface area contributed by atoms with Crippen LogP contribution in [0.5, 0.6) is 0 Å². The van der Waals surface area contributed by atoms with Crippen molar-refractivity contribution in [1.82, 2.24) is 4.90 Å². The van der Waals surface area contributed by atoms with E-state index in [9.17, 15) is 14.4 Å². The van der Waals surface area contributed by atoms with Gasteiger partial charge in [0.2, 0.25) is 5.91 Å². The molecule has 1 fully saturated rings. The first-order valence-corrected chi connectivity index (χ1v) is 10.2. The molecule has 1 aromatic carbocycles. The standard InChI is InChI=1S/C21H28N2O5S/c1-3-27-19(25)13-28-17-8-10-23(11-9-17)21(26)14(2)12-18(24)15-4-6-16(7-5-15)20(22)29/h4-7,14,17H,3,8-13H2,1-2H3,(H2,22,29)/t14-/m1/s1. The lowest BCUT2D eigenvalue weighted by Crippen LogP contribution is -2.43. The summed E-state index contributed by atoms with van der Waals surface area (Å²) in [6, 6.07) is 6.78. The second kappa shape index (κ2) is 11.0. The predicted molar refractivity (Wildman–Crippen MR) is 113 cm³/mol. The molecule has 8 heteroatoms. The molecule has 1 atom stereocenters. The Kier molecular flexibility index (Phi) is 8.72. The van der Waals surface area contributed by atoms with E-state index >= 15 is 0 Å². The number of nitrogens with two attached hydrogens (primary N) is 1. The van der Waals surface area contributed by atoms with Gasteiger partial charge in [0.1, 0.15) is 11.6 Å². The van der Waals surface area contributed by atoms with Crippen LogP contribution in [0.2, 0.25) is 0 Å². The first-order valence-electron chi connectivity index (χ1n) is 9.80. The third-order valence-electron chi connectivity index (χ3n) is 4.90. The molecule has 1 saturated heterocycles. The summed E-state index contributed by atoms with van der Waals surface area (Å²) in [6.07, 6.45) is 1.40. The molecule has 1 aromatic rings. The molecule has 0 bridgehead atoms. The van der Waals surface area contributed by atoms with Crippen molar-refractivity contribution in [2.75, 3.05) is 26.3 Å². The monoisotopic (exact) mass is 420 g/mol. The van der Waals surface area contributed by atoms with Crippen LogP contribution < -0.4 is 5.73 Å². The first kappa shape index (κ1) is 23.0. The van der Waals surface area contributed by atoms with Gasteiger partial charge in [-0.3, -0.25) is 9.59 Å². The maximum absolute atomic E-state index is 12.7. The van der Waals surface area contributed by atoms with E-state index in [0.717, 1.165) is 0 Å². The predicted octanol–water partition coefficient (Wildman–Crippen LogP) is 2.10. The Hall–Kier alpha value is -2.32. The molecule has 7 nitrogen and oxygen atoms in total. The van der Waals surface area contributed by atoms with Gasteiger partial charge in [-0.05, 0) is 19.8 Å². The molecule has 29 heavy (non-hydrogen) atoms. The maximum Gasteiger partial charge on any atom is 0.332 e. The normalized spacial score (nSPS) is 15.6. The summed E-state index contributed by atoms with van der Waals surface area (Å²) >= 11 is 4.91. The number of amides is 1. The molecule has 0 saturated carbocycles. The van der Waals surface area contributed by atoms with Crippen LogP contribution in [0.25, 0.3) is 0 Å². The number of piperidine rings is 1. The largest absolute Gasteiger partial charge is 0.464 e. The van der Waals surface area contributed by atoms with Crippen LogP contribution in [-0.2, 0) is 19.1 Å². The molecule has 2 rings (SSSR count). The van der Waals surface area contributed by atoms with E-state index < -0.39 is 5.92 Å². The molecule has 0 radical (unpaired) electrons. The van der Waals surface area contributed by atoms with Crippen molar-refractivity contribution in [3.63, 3.8) is 0 Å². The number of ketones is 1. The van der Waals surface area contributed by atoms with Gasteiger partial charge >= 0.3 is 5.97 Å². The van der Waals surface area contributed by atoms with E-state index in [-0.39, 0.29) is 41.8 Å². The van der Waals surface area contributed by atoms with Crippen LogP contribution >= 0.6 is 12.2 Å². The minimum absolute atomic E-state index is 0.0399. The Balaban J connectivity index is 1.79. The second-order valence-electron chi connectivity index (χ2n) is 7.11. The average molecular weight is 421 g/mol. The lowest BCUT2D eigenvalue weighted by molar-refractivity contribution is -0.152. The summed E-state index contributed by atoms with van der Waals surface area (Å²) in [6.45, 7) is 4.88. The lowest BCUT2D eigenvalue weighted by Gasteiger charge is -2.33. The summed E-state index contributed by atoms with van der Waals surface area (Å²) in [4.78, 5) is 38.6. The van der Waals surface area contributed by atoms with Gasteiger partial charge in [0, 0.05) is 36.6 Å². The van der Waals surface area contributed by atoms with Crippen molar-refractivity contribution >= 4 is 34.9 Å². The second-order valence-corrected chi connectivity index (χ2v) is 7.55. The van der Waals surface area contributed by atoms with Crippen LogP contribution in [0.3, 0.4) is 0 Å². The van der Waals surface area contributed by atoms with Crippen LogP contribution in [0.4, 0.5) is 0 Å². The molecule has 1 heterocycles. The number of nitrogens with zero attached hydrogens (tertiary/aromatic N) is 1. The Morgan fingerprint density at radius 2 is 1.76 bits per heavy atom. The Bertz CT molecular complexity index is 742. The molecule has 1 aliphatic heterocycles. The smallest absolute Gasteiger partial charge is 0.332 e. The number of benzene rings is 1. The SMILES string of the molecule is CCOC(=O)COC1CCN(C(=O)[C@H](C)CC(=O)c2ccc(C(N)=S)cc2)CC1. The number of hydrogen-bond donors (Lipinski definition) is 1. The lowest BCUT2D eigenvalue weighted by atomic mass is 9.96. The van der Waals surface area contributed by atoms with Crippen molar-refractivity contribution in [1.29, 1.82) is 0 Å². The highest BCUT2D eigenvalue weighted by atomic mass is 32.1. The van der Waals surface area contributed by atoms with E-state index in [1.807, 2.05) is 0 Å². The fourth-order valence-corrected chi connectivity index (χ4v) is 3.38. The van der Waals surface area contributed by atoms with Gasteiger partial charge in [-0.2, -0.15) is 0 Å². The summed E-state index contributed by atoms with van der Waals surface area (Å²) in [5.41, 5.74) is 6.80. The number of carbonyl (C=O) groups is 3. The molecular formula is C21H28N2O5S. The van der Waals surface area contributed by atoms with E-state index in [4.69, 9.17) is 27.4 Å². The molecule has 0 aliphatic carbocycles. The zero-order chi connectivity index (χ0) is 21.4. The maximum atomic E-state index is 12.7. The van der Waals surface area contributed by atoms with Crippen molar-refractivity contribution in [2.24, 2.45) is 11.7 Å². The molecule has 2 N–H and O–H groups in total. The number of Topliss-reactive ketones (excluding diaryl/α,β-unsaturated/α-hetero) is 1. The van der Waals surface area contributed by atoms with Crippen LogP contribution in [-0.4, -0.2) is 60.0 Å². The minimum atomic E-state index is -0.408. The molecule has 158 valence electrons. The third-order valence-corrected chi connectivity index (χ3v) is 5.14. The van der Waals surface area contributed by atoms with Gasteiger partial charge in [-0.25, -0.2) is 4.79 Å². The summed E-state index contributed by atoms with van der Waals surface area (Å²) in [7, 11) is 0. The molecule has 0 spiro atoms. The van der Waals surface area contributed by atoms with Crippen molar-refractivity contribution in [3.8, 4) is 0 Å². The zero-order valence-corrected chi connectivity index (χ0v) is 17.7. The number of ether oxygens (including phenoxy) is 2. The van der Waals surface area contributed by atoms with Gasteiger partial charge in [-0.1, -0.05) is 43.4 Å². The summed E-state index contributed by atoms with van der Waals surface area (Å²) < 4.78 is 10.4. The van der Waals surface area contributed by atoms with Gasteiger partial charge in [-0.15, -0.1) is 0 Å². The quantitative estimate of drug-likeness (QED) is 0.371. The number of carbonyl (C=O) groups excluding carboxylic acids is 3. The van der Waals surface area contributed by atoms with E-state index in [0.29, 0.717) is 43.7 Å². The number of hydrogen-bond acceptors (Lipinski definition) is 6. The van der Waals surface area contributed by atoms with Crippen molar-refractivity contribution in [2.45, 2.75) is 39.2 Å². The Labute approximate surface area is 176 Å². The van der Waals surface area contributed by atoms with Gasteiger partial charge < -0.3 is 20.1 Å². The fraction of sp³-hybridized carbons (Fsp3) is 0.524. The minimum Gasteiger partial charge on any atom is -0.464 e. The molecule has 0 unspecified atom stereocenters. The highest BCUT2D eigenvalue weighted by Crippen LogP contribution is 2.19. The van der Waals surface area contributed by atoms with Crippen LogP contribution in [0, 0.1) is 5.92 Å². The molecule has 1 amide bonds. The first-order chi connectivity index (χ1) is 13.8. The van der Waals surface area contributed by atoms with Crippen LogP contribution in [0.15, 0.2) is 24.3 Å². The van der Waals surface area contributed by atoms with Gasteiger partial charge in [0.15, 0.2) is 5.78 Å². The third kappa shape index (κ3) is 6.90. The zero-order valence-electron chi connectivity index (χ0n) is 16.9. The molecule has 0 aromatic heterocycles. The average Bonchev–Trinajstić information content (AvgIpc) is 2.72. The molecular weight excluding hydrogens is 392 g/mol. The molecule has 1 aliphatic rings. The number of rotatable bonds is 9. The van der Waals surface area contributed by atoms with Gasteiger partial charge in [0.05, 0.1) is 12.7 Å². The number of likely N-dealkylation sites (tertiary alicyclic amines) is 1. The Morgan fingerprint density at radius 3 is 2.31 bits per heavy atom. The summed E-state index contributed by atoms with van der Waals surface area (Å²) in [5, 5.41) is 0. The van der Waals surface area contributed by atoms with Crippen molar-refractivity contribution < 1.29 is 23.9 Å². The highest BCUT2D eigenvalue weighted by molar-refractivity contribution is 7.80.